The second kappa shape index (κ2) is 7.40. The Morgan fingerprint density at radius 2 is 2.21 bits per heavy atom. The topological polar surface area (TPSA) is 58.6 Å². The van der Waals surface area contributed by atoms with Gasteiger partial charge in [0.05, 0.1) is 6.10 Å². The van der Waals surface area contributed by atoms with Gasteiger partial charge >= 0.3 is 6.61 Å². The van der Waals surface area contributed by atoms with Crippen LogP contribution in [0.4, 0.5) is 8.78 Å². The Morgan fingerprint density at radius 3 is 2.79 bits per heavy atom. The van der Waals surface area contributed by atoms with Crippen LogP contribution in [-0.4, -0.2) is 30.3 Å². The number of thiophene rings is 1. The van der Waals surface area contributed by atoms with Gasteiger partial charge < -0.3 is 15.2 Å². The zero-order valence-corrected chi connectivity index (χ0v) is 11.5. The molecule has 0 radical (unpaired) electrons. The molecule has 0 saturated carbocycles. The summed E-state index contributed by atoms with van der Waals surface area (Å²) in [5, 5.41) is 13.7. The van der Waals surface area contributed by atoms with Crippen LogP contribution in [-0.2, 0) is 0 Å². The number of hydrogen-bond acceptors (Lipinski definition) is 4. The summed E-state index contributed by atoms with van der Waals surface area (Å²) in [5.41, 5.74) is 0. The molecule has 108 valence electrons. The fraction of sp³-hybridized carbons (Fsp3) is 0.583. The summed E-state index contributed by atoms with van der Waals surface area (Å²) in [4.78, 5) is 11.9. The zero-order chi connectivity index (χ0) is 14.4. The molecule has 2 N–H and O–H groups in total. The second-order valence-electron chi connectivity index (χ2n) is 4.35. The minimum absolute atomic E-state index is 0.108. The molecule has 0 fully saturated rings. The highest BCUT2D eigenvalue weighted by Gasteiger charge is 2.17. The van der Waals surface area contributed by atoms with E-state index in [1.807, 2.05) is 13.8 Å². The van der Waals surface area contributed by atoms with Crippen LogP contribution in [0.15, 0.2) is 11.4 Å². The minimum Gasteiger partial charge on any atom is -0.433 e. The van der Waals surface area contributed by atoms with Crippen molar-refractivity contribution in [2.45, 2.75) is 33.0 Å². The van der Waals surface area contributed by atoms with E-state index >= 15 is 0 Å². The molecule has 1 heterocycles. The zero-order valence-electron chi connectivity index (χ0n) is 10.7. The number of nitrogens with one attached hydrogen (secondary N) is 1. The van der Waals surface area contributed by atoms with E-state index in [9.17, 15) is 18.7 Å². The molecule has 7 heteroatoms. The van der Waals surface area contributed by atoms with Gasteiger partial charge in [0.1, 0.15) is 10.6 Å². The second-order valence-corrected chi connectivity index (χ2v) is 5.26. The molecule has 0 aliphatic carbocycles. The highest BCUT2D eigenvalue weighted by Crippen LogP contribution is 2.26. The van der Waals surface area contributed by atoms with Crippen molar-refractivity contribution in [2.75, 3.05) is 6.54 Å². The van der Waals surface area contributed by atoms with Gasteiger partial charge in [0.2, 0.25) is 0 Å². The molecule has 1 amide bonds. The maximum absolute atomic E-state index is 12.1. The fourth-order valence-electron chi connectivity index (χ4n) is 1.40. The normalized spacial score (nSPS) is 12.8. The molecule has 0 bridgehead atoms. The number of aliphatic hydroxyl groups is 1. The summed E-state index contributed by atoms with van der Waals surface area (Å²) >= 11 is 1.03. The predicted molar refractivity (Wildman–Crippen MR) is 68.7 cm³/mol. The molecular formula is C12H17F2NO3S. The van der Waals surface area contributed by atoms with Gasteiger partial charge in [-0.25, -0.2) is 0 Å². The van der Waals surface area contributed by atoms with Crippen LogP contribution < -0.4 is 10.1 Å². The molecule has 19 heavy (non-hydrogen) atoms. The van der Waals surface area contributed by atoms with Crippen LogP contribution in [0, 0.1) is 5.92 Å². The van der Waals surface area contributed by atoms with E-state index in [2.05, 4.69) is 10.1 Å². The third-order valence-corrected chi connectivity index (χ3v) is 3.44. The number of halogens is 2. The Kier molecular flexibility index (Phi) is 6.17. The monoisotopic (exact) mass is 293 g/mol. The van der Waals surface area contributed by atoms with Crippen molar-refractivity contribution in [3.63, 3.8) is 0 Å². The lowest BCUT2D eigenvalue weighted by Gasteiger charge is -2.14. The third kappa shape index (κ3) is 5.12. The molecule has 1 aromatic heterocycles. The number of amides is 1. The average molecular weight is 293 g/mol. The standard InChI is InChI=1S/C12H17F2NO3S/c1-7(2)8(16)3-5-15-11(17)10-9(4-6-19-10)18-12(13)14/h4,6-8,12,16H,3,5H2,1-2H3,(H,15,17)/t8-/m1/s1. The highest BCUT2D eigenvalue weighted by molar-refractivity contribution is 7.12. The maximum atomic E-state index is 12.1. The van der Waals surface area contributed by atoms with Crippen LogP contribution in [0.25, 0.3) is 0 Å². The molecule has 0 saturated heterocycles. The van der Waals surface area contributed by atoms with Crippen molar-refractivity contribution in [2.24, 2.45) is 5.92 Å². The molecule has 0 aromatic carbocycles. The van der Waals surface area contributed by atoms with Crippen molar-refractivity contribution >= 4 is 17.2 Å². The highest BCUT2D eigenvalue weighted by atomic mass is 32.1. The van der Waals surface area contributed by atoms with Gasteiger partial charge in [-0.3, -0.25) is 4.79 Å². The third-order valence-electron chi connectivity index (χ3n) is 2.55. The molecule has 0 aliphatic heterocycles. The van der Waals surface area contributed by atoms with E-state index in [0.29, 0.717) is 6.42 Å². The Hall–Kier alpha value is -1.21. The van der Waals surface area contributed by atoms with Gasteiger partial charge in [0, 0.05) is 6.54 Å². The number of carbonyl (C=O) groups excluding carboxylic acids is 1. The number of hydrogen-bond donors (Lipinski definition) is 2. The lowest BCUT2D eigenvalue weighted by Crippen LogP contribution is -2.28. The summed E-state index contributed by atoms with van der Waals surface area (Å²) < 4.78 is 28.5. The Bertz CT molecular complexity index is 409. The smallest absolute Gasteiger partial charge is 0.387 e. The van der Waals surface area contributed by atoms with E-state index in [1.165, 1.54) is 11.4 Å². The molecule has 1 aromatic rings. The molecule has 4 nitrogen and oxygen atoms in total. The molecule has 0 aliphatic rings. The van der Waals surface area contributed by atoms with Crippen molar-refractivity contribution in [1.29, 1.82) is 0 Å². The van der Waals surface area contributed by atoms with Crippen LogP contribution in [0.5, 0.6) is 5.75 Å². The molecular weight excluding hydrogens is 276 g/mol. The van der Waals surface area contributed by atoms with Crippen LogP contribution in [0.3, 0.4) is 0 Å². The van der Waals surface area contributed by atoms with Gasteiger partial charge in [0.15, 0.2) is 0 Å². The van der Waals surface area contributed by atoms with E-state index < -0.39 is 18.6 Å². The maximum Gasteiger partial charge on any atom is 0.387 e. The summed E-state index contributed by atoms with van der Waals surface area (Å²) in [5.74, 6) is -0.486. The lowest BCUT2D eigenvalue weighted by molar-refractivity contribution is -0.0498. The van der Waals surface area contributed by atoms with Gasteiger partial charge in [-0.2, -0.15) is 8.78 Å². The number of ether oxygens (including phenoxy) is 1. The van der Waals surface area contributed by atoms with Crippen molar-refractivity contribution < 1.29 is 23.4 Å². The first-order valence-corrected chi connectivity index (χ1v) is 6.78. The lowest BCUT2D eigenvalue weighted by atomic mass is 10.0. The van der Waals surface area contributed by atoms with Gasteiger partial charge in [0.25, 0.3) is 5.91 Å². The summed E-state index contributed by atoms with van der Waals surface area (Å²) in [6.45, 7) is 1.08. The molecule has 0 spiro atoms. The van der Waals surface area contributed by atoms with Gasteiger partial charge in [-0.05, 0) is 23.8 Å². The first-order valence-electron chi connectivity index (χ1n) is 5.90. The fourth-order valence-corrected chi connectivity index (χ4v) is 2.14. The van der Waals surface area contributed by atoms with Gasteiger partial charge in [-0.1, -0.05) is 13.8 Å². The van der Waals surface area contributed by atoms with E-state index in [1.54, 1.807) is 0 Å². The number of alkyl halides is 2. The number of carbonyl (C=O) groups is 1. The first kappa shape index (κ1) is 15.8. The largest absolute Gasteiger partial charge is 0.433 e. The van der Waals surface area contributed by atoms with Crippen molar-refractivity contribution in [1.82, 2.24) is 5.32 Å². The summed E-state index contributed by atoms with van der Waals surface area (Å²) in [6.07, 6.45) is -0.0831. The molecule has 1 atom stereocenters. The molecule has 0 unspecified atom stereocenters. The molecule has 1 rings (SSSR count). The quantitative estimate of drug-likeness (QED) is 0.812. The van der Waals surface area contributed by atoms with Gasteiger partial charge in [-0.15, -0.1) is 11.3 Å². The van der Waals surface area contributed by atoms with E-state index in [-0.39, 0.29) is 23.1 Å². The average Bonchev–Trinajstić information content (AvgIpc) is 2.75. The number of aliphatic hydroxyl groups excluding tert-OH is 1. The number of rotatable bonds is 7. The predicted octanol–water partition coefficient (Wildman–Crippen LogP) is 2.49. The van der Waals surface area contributed by atoms with Crippen LogP contribution in [0.1, 0.15) is 29.9 Å². The summed E-state index contributed by atoms with van der Waals surface area (Å²) in [7, 11) is 0. The van der Waals surface area contributed by atoms with Crippen LogP contribution in [0.2, 0.25) is 0 Å². The SMILES string of the molecule is CC(C)[C@H](O)CCNC(=O)c1sccc1OC(F)F. The Morgan fingerprint density at radius 1 is 1.53 bits per heavy atom. The first-order chi connectivity index (χ1) is 8.91. The Labute approximate surface area is 114 Å². The van der Waals surface area contributed by atoms with Crippen LogP contribution >= 0.6 is 11.3 Å². The van der Waals surface area contributed by atoms with E-state index in [0.717, 1.165) is 11.3 Å². The summed E-state index contributed by atoms with van der Waals surface area (Å²) in [6, 6.07) is 1.33. The van der Waals surface area contributed by atoms with Crippen molar-refractivity contribution in [3.8, 4) is 5.75 Å². The minimum atomic E-state index is -2.95. The van der Waals surface area contributed by atoms with Crippen molar-refractivity contribution in [3.05, 3.63) is 16.3 Å². The Balaban J connectivity index is 2.48. The van der Waals surface area contributed by atoms with E-state index in [4.69, 9.17) is 0 Å².